The normalized spacial score (nSPS) is 10.5. The van der Waals surface area contributed by atoms with E-state index in [0.29, 0.717) is 16.0 Å². The largest absolute Gasteiger partial charge is 0.417 e. The maximum absolute atomic E-state index is 11.7. The number of halogens is 4. The van der Waals surface area contributed by atoms with Crippen LogP contribution in [-0.4, -0.2) is 11.6 Å². The minimum Gasteiger partial charge on any atom is -0.417 e. The van der Waals surface area contributed by atoms with Crippen LogP contribution < -0.4 is 4.74 Å². The summed E-state index contributed by atoms with van der Waals surface area (Å²) in [6, 6.07) is 2.75. The average Bonchev–Trinajstić information content (AvgIpc) is 2.07. The molecule has 1 aromatic heterocycles. The third kappa shape index (κ3) is 3.08. The van der Waals surface area contributed by atoms with E-state index in [1.807, 2.05) is 0 Å². The van der Waals surface area contributed by atoms with Crippen LogP contribution in [0, 0.1) is 0 Å². The number of hydrogen-bond acceptors (Lipinski definition) is 2. The molecule has 0 amide bonds. The van der Waals surface area contributed by atoms with Crippen molar-refractivity contribution < 1.29 is 13.5 Å². The quantitative estimate of drug-likeness (QED) is 0.788. The predicted octanol–water partition coefficient (Wildman–Crippen LogP) is 3.23. The summed E-state index contributed by atoms with van der Waals surface area (Å²) >= 11 is 8.82. The lowest BCUT2D eigenvalue weighted by atomic mass is 10.4. The smallest absolute Gasteiger partial charge is 0.388 e. The van der Waals surface area contributed by atoms with E-state index in [1.54, 1.807) is 0 Å². The van der Waals surface area contributed by atoms with Crippen molar-refractivity contribution in [2.45, 2.75) is 11.9 Å². The maximum atomic E-state index is 11.7. The van der Waals surface area contributed by atoms with Gasteiger partial charge in [-0.15, -0.1) is 0 Å². The zero-order valence-corrected chi connectivity index (χ0v) is 8.65. The number of rotatable bonds is 3. The first-order chi connectivity index (χ1) is 6.13. The van der Waals surface area contributed by atoms with Crippen molar-refractivity contribution in [2.75, 3.05) is 0 Å². The SMILES string of the molecule is FC(F)Oc1ccc(Cl)c(CBr)n1. The molecule has 0 atom stereocenters. The topological polar surface area (TPSA) is 22.1 Å². The van der Waals surface area contributed by atoms with Gasteiger partial charge in [-0.25, -0.2) is 4.98 Å². The molecule has 0 saturated heterocycles. The van der Waals surface area contributed by atoms with Gasteiger partial charge in [-0.3, -0.25) is 0 Å². The van der Waals surface area contributed by atoms with Gasteiger partial charge < -0.3 is 4.74 Å². The number of aromatic nitrogens is 1. The zero-order chi connectivity index (χ0) is 9.84. The van der Waals surface area contributed by atoms with Gasteiger partial charge in [0.15, 0.2) is 0 Å². The van der Waals surface area contributed by atoms with Crippen molar-refractivity contribution in [3.63, 3.8) is 0 Å². The van der Waals surface area contributed by atoms with E-state index in [2.05, 4.69) is 25.7 Å². The van der Waals surface area contributed by atoms with Gasteiger partial charge in [-0.1, -0.05) is 27.5 Å². The highest BCUT2D eigenvalue weighted by Gasteiger charge is 2.07. The van der Waals surface area contributed by atoms with Crippen molar-refractivity contribution >= 4 is 27.5 Å². The predicted molar refractivity (Wildman–Crippen MR) is 48.5 cm³/mol. The molecule has 72 valence electrons. The molecule has 0 aromatic carbocycles. The van der Waals surface area contributed by atoms with Crippen molar-refractivity contribution in [1.29, 1.82) is 0 Å². The Balaban J connectivity index is 2.86. The molecule has 0 aliphatic heterocycles. The molecule has 1 heterocycles. The first kappa shape index (κ1) is 10.7. The van der Waals surface area contributed by atoms with Gasteiger partial charge >= 0.3 is 6.61 Å². The fourth-order valence-corrected chi connectivity index (χ4v) is 1.48. The summed E-state index contributed by atoms with van der Waals surface area (Å²) in [6.45, 7) is -2.86. The molecule has 0 saturated carbocycles. The third-order valence-corrected chi connectivity index (χ3v) is 2.10. The van der Waals surface area contributed by atoms with Crippen LogP contribution in [0.2, 0.25) is 5.02 Å². The van der Waals surface area contributed by atoms with Crippen LogP contribution >= 0.6 is 27.5 Å². The van der Waals surface area contributed by atoms with E-state index < -0.39 is 6.61 Å². The molecule has 0 radical (unpaired) electrons. The Bertz CT molecular complexity index is 298. The third-order valence-electron chi connectivity index (χ3n) is 1.23. The molecule has 0 bridgehead atoms. The fourth-order valence-electron chi connectivity index (χ4n) is 0.715. The van der Waals surface area contributed by atoms with Crippen LogP contribution in [0.15, 0.2) is 12.1 Å². The lowest BCUT2D eigenvalue weighted by Gasteiger charge is -2.05. The summed E-state index contributed by atoms with van der Waals surface area (Å²) in [5.41, 5.74) is 0.472. The molecule has 0 unspecified atom stereocenters. The Hall–Kier alpha value is -0.420. The Morgan fingerprint density at radius 2 is 2.23 bits per heavy atom. The Labute approximate surface area is 87.0 Å². The number of nitrogens with zero attached hydrogens (tertiary/aromatic N) is 1. The second-order valence-electron chi connectivity index (χ2n) is 2.09. The second kappa shape index (κ2) is 4.72. The van der Waals surface area contributed by atoms with Gasteiger partial charge in [0, 0.05) is 11.4 Å². The molecule has 0 aliphatic carbocycles. The van der Waals surface area contributed by atoms with E-state index in [-0.39, 0.29) is 5.88 Å². The molecule has 2 nitrogen and oxygen atoms in total. The van der Waals surface area contributed by atoms with Gasteiger partial charge in [-0.2, -0.15) is 8.78 Å². The summed E-state index contributed by atoms with van der Waals surface area (Å²) in [7, 11) is 0. The molecule has 13 heavy (non-hydrogen) atoms. The molecule has 0 spiro atoms. The summed E-state index contributed by atoms with van der Waals surface area (Å²) in [5, 5.41) is 0.810. The molecule has 0 N–H and O–H groups in total. The van der Waals surface area contributed by atoms with E-state index in [0.717, 1.165) is 0 Å². The van der Waals surface area contributed by atoms with Crippen molar-refractivity contribution in [3.8, 4) is 5.88 Å². The van der Waals surface area contributed by atoms with Gasteiger partial charge in [-0.05, 0) is 6.07 Å². The lowest BCUT2D eigenvalue weighted by Crippen LogP contribution is -2.04. The van der Waals surface area contributed by atoms with E-state index in [4.69, 9.17) is 11.6 Å². The number of pyridine rings is 1. The Morgan fingerprint density at radius 3 is 2.77 bits per heavy atom. The van der Waals surface area contributed by atoms with E-state index in [1.165, 1.54) is 12.1 Å². The number of alkyl halides is 3. The highest BCUT2D eigenvalue weighted by atomic mass is 79.9. The average molecular weight is 272 g/mol. The van der Waals surface area contributed by atoms with E-state index >= 15 is 0 Å². The lowest BCUT2D eigenvalue weighted by molar-refractivity contribution is -0.0529. The van der Waals surface area contributed by atoms with Gasteiger partial charge in [0.05, 0.1) is 10.7 Å². The fraction of sp³-hybridized carbons (Fsp3) is 0.286. The van der Waals surface area contributed by atoms with Crippen molar-refractivity contribution in [3.05, 3.63) is 22.8 Å². The van der Waals surface area contributed by atoms with Crippen LogP contribution in [-0.2, 0) is 5.33 Å². The molecule has 6 heteroatoms. The monoisotopic (exact) mass is 271 g/mol. The van der Waals surface area contributed by atoms with E-state index in [9.17, 15) is 8.78 Å². The maximum Gasteiger partial charge on any atom is 0.388 e. The zero-order valence-electron chi connectivity index (χ0n) is 6.31. The highest BCUT2D eigenvalue weighted by molar-refractivity contribution is 9.08. The summed E-state index contributed by atoms with van der Waals surface area (Å²) in [5.74, 6) is -0.131. The summed E-state index contributed by atoms with van der Waals surface area (Å²) in [4.78, 5) is 3.75. The Morgan fingerprint density at radius 1 is 1.54 bits per heavy atom. The molecule has 0 aliphatic rings. The molecule has 1 aromatic rings. The van der Waals surface area contributed by atoms with Gasteiger partial charge in [0.2, 0.25) is 5.88 Å². The minimum atomic E-state index is -2.86. The standard InChI is InChI=1S/C7H5BrClF2NO/c8-3-5-4(9)1-2-6(12-5)13-7(10)11/h1-2,7H,3H2. The first-order valence-corrected chi connectivity index (χ1v) is 4.79. The molecule has 1 rings (SSSR count). The first-order valence-electron chi connectivity index (χ1n) is 3.29. The van der Waals surface area contributed by atoms with Crippen LogP contribution in [0.1, 0.15) is 5.69 Å². The van der Waals surface area contributed by atoms with Crippen LogP contribution in [0.25, 0.3) is 0 Å². The number of ether oxygens (including phenoxy) is 1. The molecular weight excluding hydrogens is 267 g/mol. The van der Waals surface area contributed by atoms with Gasteiger partial charge in [0.1, 0.15) is 0 Å². The minimum absolute atomic E-state index is 0.131. The summed E-state index contributed by atoms with van der Waals surface area (Å²) in [6.07, 6.45) is 0. The Kier molecular flexibility index (Phi) is 3.87. The summed E-state index contributed by atoms with van der Waals surface area (Å²) < 4.78 is 27.6. The van der Waals surface area contributed by atoms with Crippen LogP contribution in [0.5, 0.6) is 5.88 Å². The molecular formula is C7H5BrClF2NO. The van der Waals surface area contributed by atoms with Crippen molar-refractivity contribution in [1.82, 2.24) is 4.98 Å². The van der Waals surface area contributed by atoms with Crippen LogP contribution in [0.4, 0.5) is 8.78 Å². The van der Waals surface area contributed by atoms with Crippen LogP contribution in [0.3, 0.4) is 0 Å². The molecule has 0 fully saturated rings. The van der Waals surface area contributed by atoms with Gasteiger partial charge in [0.25, 0.3) is 0 Å². The number of hydrogen-bond donors (Lipinski definition) is 0. The second-order valence-corrected chi connectivity index (χ2v) is 3.06. The van der Waals surface area contributed by atoms with Crippen molar-refractivity contribution in [2.24, 2.45) is 0 Å². The highest BCUT2D eigenvalue weighted by Crippen LogP contribution is 2.20.